The minimum Gasteiger partial charge on any atom is -0.465 e. The van der Waals surface area contributed by atoms with Gasteiger partial charge in [0.25, 0.3) is 5.69 Å². The number of piperazine rings is 1. The van der Waals surface area contributed by atoms with Crippen LogP contribution in [0, 0.1) is 22.9 Å². The maximum Gasteiger partial charge on any atom is 0.340 e. The zero-order valence-corrected chi connectivity index (χ0v) is 16.6. The van der Waals surface area contributed by atoms with Crippen LogP contribution in [0.25, 0.3) is 0 Å². The van der Waals surface area contributed by atoms with Crippen molar-refractivity contribution in [2.75, 3.05) is 43.5 Å². The van der Waals surface area contributed by atoms with Gasteiger partial charge in [0.2, 0.25) is 0 Å². The summed E-state index contributed by atoms with van der Waals surface area (Å²) in [5.74, 6) is -1.57. The molecule has 0 saturated carbocycles. The molecule has 2 aromatic carbocycles. The second-order valence-electron chi connectivity index (χ2n) is 6.82. The van der Waals surface area contributed by atoms with Crippen molar-refractivity contribution in [2.45, 2.75) is 6.92 Å². The van der Waals surface area contributed by atoms with E-state index < -0.39 is 16.7 Å². The molecule has 0 aromatic heterocycles. The van der Waals surface area contributed by atoms with E-state index in [0.717, 1.165) is 24.4 Å². The molecule has 0 spiro atoms. The van der Waals surface area contributed by atoms with Crippen molar-refractivity contribution in [1.29, 1.82) is 0 Å². The molecular weight excluding hydrogens is 395 g/mol. The molecule has 10 heteroatoms. The predicted molar refractivity (Wildman–Crippen MR) is 108 cm³/mol. The summed E-state index contributed by atoms with van der Waals surface area (Å²) in [6.07, 6.45) is 0. The van der Waals surface area contributed by atoms with Gasteiger partial charge in [-0.3, -0.25) is 10.1 Å². The van der Waals surface area contributed by atoms with Gasteiger partial charge in [0.15, 0.2) is 0 Å². The lowest BCUT2D eigenvalue weighted by atomic mass is 10.1. The lowest BCUT2D eigenvalue weighted by Gasteiger charge is -2.36. The summed E-state index contributed by atoms with van der Waals surface area (Å²) >= 11 is 0. The first-order valence-corrected chi connectivity index (χ1v) is 9.24. The van der Waals surface area contributed by atoms with Crippen LogP contribution in [0.5, 0.6) is 0 Å². The van der Waals surface area contributed by atoms with E-state index in [9.17, 15) is 24.1 Å². The molecule has 1 saturated heterocycles. The first kappa shape index (κ1) is 21.0. The number of methoxy groups -OCH3 is 1. The molecule has 1 aliphatic rings. The first-order valence-electron chi connectivity index (χ1n) is 9.24. The number of carbonyl (C=O) groups excluding carboxylic acids is 2. The smallest absolute Gasteiger partial charge is 0.340 e. The second kappa shape index (κ2) is 8.76. The van der Waals surface area contributed by atoms with E-state index >= 15 is 0 Å². The number of non-ortho nitro benzene ring substituents is 1. The third-order valence-corrected chi connectivity index (χ3v) is 4.92. The average molecular weight is 416 g/mol. The fraction of sp³-hybridized carbons (Fsp3) is 0.300. The SMILES string of the molecule is COC(=O)c1ccc(NC(=O)N2CCN(c3ccc([N+](=O)[O-])cc3C)CC2)cc1F. The van der Waals surface area contributed by atoms with Gasteiger partial charge in [-0.25, -0.2) is 14.0 Å². The number of amides is 2. The molecule has 0 aliphatic carbocycles. The number of urea groups is 1. The van der Waals surface area contributed by atoms with Gasteiger partial charge in [-0.1, -0.05) is 0 Å². The van der Waals surface area contributed by atoms with E-state index in [0.29, 0.717) is 26.2 Å². The Morgan fingerprint density at radius 3 is 2.40 bits per heavy atom. The number of nitro groups is 1. The van der Waals surface area contributed by atoms with Crippen LogP contribution in [0.3, 0.4) is 0 Å². The summed E-state index contributed by atoms with van der Waals surface area (Å²) in [7, 11) is 1.16. The largest absolute Gasteiger partial charge is 0.465 e. The minimum atomic E-state index is -0.789. The molecule has 1 fully saturated rings. The van der Waals surface area contributed by atoms with E-state index in [2.05, 4.69) is 15.0 Å². The van der Waals surface area contributed by atoms with Crippen LogP contribution in [0.2, 0.25) is 0 Å². The molecule has 3 rings (SSSR count). The Kier molecular flexibility index (Phi) is 6.14. The minimum absolute atomic E-state index is 0.0414. The topological polar surface area (TPSA) is 105 Å². The van der Waals surface area contributed by atoms with Crippen molar-refractivity contribution >= 4 is 29.1 Å². The molecule has 9 nitrogen and oxygen atoms in total. The number of hydrogen-bond acceptors (Lipinski definition) is 6. The molecule has 30 heavy (non-hydrogen) atoms. The van der Waals surface area contributed by atoms with Crippen molar-refractivity contribution in [3.05, 3.63) is 63.5 Å². The number of nitrogens with zero attached hydrogens (tertiary/aromatic N) is 3. The van der Waals surface area contributed by atoms with Crippen molar-refractivity contribution in [2.24, 2.45) is 0 Å². The van der Waals surface area contributed by atoms with Gasteiger partial charge >= 0.3 is 12.0 Å². The number of anilines is 2. The fourth-order valence-electron chi connectivity index (χ4n) is 3.33. The standard InChI is InChI=1S/C20H21FN4O5/c1-13-11-15(25(28)29)4-6-18(13)23-7-9-24(10-8-23)20(27)22-14-3-5-16(17(21)12-14)19(26)30-2/h3-6,11-12H,7-10H2,1-2H3,(H,22,27). The van der Waals surface area contributed by atoms with E-state index in [1.807, 2.05) is 6.92 Å². The number of benzene rings is 2. The zero-order chi connectivity index (χ0) is 21.8. The molecule has 0 radical (unpaired) electrons. The summed E-state index contributed by atoms with van der Waals surface area (Å²) in [5.41, 5.74) is 1.76. The van der Waals surface area contributed by atoms with Gasteiger partial charge in [-0.15, -0.1) is 0 Å². The summed E-state index contributed by atoms with van der Waals surface area (Å²) in [6.45, 7) is 3.80. The van der Waals surface area contributed by atoms with Crippen LogP contribution >= 0.6 is 0 Å². The third kappa shape index (κ3) is 4.48. The fourth-order valence-corrected chi connectivity index (χ4v) is 3.33. The Hall–Kier alpha value is -3.69. The normalized spacial score (nSPS) is 13.7. The van der Waals surface area contributed by atoms with E-state index in [4.69, 9.17) is 0 Å². The Morgan fingerprint density at radius 2 is 1.83 bits per heavy atom. The maximum atomic E-state index is 14.0. The second-order valence-corrected chi connectivity index (χ2v) is 6.82. The van der Waals surface area contributed by atoms with Crippen LogP contribution < -0.4 is 10.2 Å². The van der Waals surface area contributed by atoms with E-state index in [1.165, 1.54) is 24.3 Å². The van der Waals surface area contributed by atoms with Gasteiger partial charge in [0.05, 0.1) is 17.6 Å². The molecular formula is C20H21FN4O5. The van der Waals surface area contributed by atoms with Gasteiger partial charge in [0, 0.05) is 49.7 Å². The molecule has 1 heterocycles. The molecule has 1 N–H and O–H groups in total. The predicted octanol–water partition coefficient (Wildman–Crippen LogP) is 3.18. The number of rotatable bonds is 4. The van der Waals surface area contributed by atoms with Crippen molar-refractivity contribution in [3.63, 3.8) is 0 Å². The maximum absolute atomic E-state index is 14.0. The van der Waals surface area contributed by atoms with Gasteiger partial charge in [-0.2, -0.15) is 0 Å². The summed E-state index contributed by atoms with van der Waals surface area (Å²) in [6, 6.07) is 8.10. The Balaban J connectivity index is 1.60. The number of ether oxygens (including phenoxy) is 1. The number of halogens is 1. The highest BCUT2D eigenvalue weighted by molar-refractivity contribution is 5.92. The lowest BCUT2D eigenvalue weighted by molar-refractivity contribution is -0.384. The first-order chi connectivity index (χ1) is 14.3. The molecule has 1 aliphatic heterocycles. The van der Waals surface area contributed by atoms with Gasteiger partial charge in [-0.05, 0) is 36.8 Å². The molecule has 158 valence electrons. The molecule has 2 aromatic rings. The number of nitrogens with one attached hydrogen (secondary N) is 1. The Bertz CT molecular complexity index is 989. The van der Waals surface area contributed by atoms with E-state index in [1.54, 1.807) is 11.0 Å². The van der Waals surface area contributed by atoms with Crippen LogP contribution in [0.1, 0.15) is 15.9 Å². The van der Waals surface area contributed by atoms with Crippen molar-refractivity contribution in [1.82, 2.24) is 4.90 Å². The highest BCUT2D eigenvalue weighted by Gasteiger charge is 2.23. The van der Waals surface area contributed by atoms with Crippen LogP contribution in [0.4, 0.5) is 26.2 Å². The molecule has 2 amide bonds. The highest BCUT2D eigenvalue weighted by atomic mass is 19.1. The van der Waals surface area contributed by atoms with Crippen LogP contribution in [-0.4, -0.2) is 55.1 Å². The summed E-state index contributed by atoms with van der Waals surface area (Å²) in [5, 5.41) is 13.5. The van der Waals surface area contributed by atoms with E-state index in [-0.39, 0.29) is 23.0 Å². The Morgan fingerprint density at radius 1 is 1.13 bits per heavy atom. The van der Waals surface area contributed by atoms with Crippen LogP contribution in [0.15, 0.2) is 36.4 Å². The third-order valence-electron chi connectivity index (χ3n) is 4.92. The number of hydrogen-bond donors (Lipinski definition) is 1. The van der Waals surface area contributed by atoms with Gasteiger partial charge < -0.3 is 19.9 Å². The van der Waals surface area contributed by atoms with Gasteiger partial charge in [0.1, 0.15) is 5.82 Å². The molecule has 0 bridgehead atoms. The molecule has 0 unspecified atom stereocenters. The lowest BCUT2D eigenvalue weighted by Crippen LogP contribution is -2.50. The zero-order valence-electron chi connectivity index (χ0n) is 16.6. The van der Waals surface area contributed by atoms with Crippen molar-refractivity contribution in [3.8, 4) is 0 Å². The highest BCUT2D eigenvalue weighted by Crippen LogP contribution is 2.26. The number of esters is 1. The number of nitro benzene ring substituents is 1. The summed E-state index contributed by atoms with van der Waals surface area (Å²) in [4.78, 5) is 38.1. The quantitative estimate of drug-likeness (QED) is 0.466. The molecule has 0 atom stereocenters. The van der Waals surface area contributed by atoms with Crippen molar-refractivity contribution < 1.29 is 23.6 Å². The Labute approximate surface area is 172 Å². The monoisotopic (exact) mass is 416 g/mol. The van der Waals surface area contributed by atoms with Crippen LogP contribution in [-0.2, 0) is 4.74 Å². The number of aryl methyl sites for hydroxylation is 1. The number of carbonyl (C=O) groups is 2. The average Bonchev–Trinajstić information content (AvgIpc) is 2.73. The summed E-state index contributed by atoms with van der Waals surface area (Å²) < 4.78 is 18.5.